The van der Waals surface area contributed by atoms with E-state index in [1.54, 1.807) is 0 Å². The fourth-order valence-corrected chi connectivity index (χ4v) is 6.69. The van der Waals surface area contributed by atoms with Crippen molar-refractivity contribution in [2.45, 2.75) is 44.7 Å². The van der Waals surface area contributed by atoms with Crippen LogP contribution in [0.4, 0.5) is 0 Å². The molecule has 0 saturated carbocycles. The van der Waals surface area contributed by atoms with Gasteiger partial charge in [0, 0.05) is 18.1 Å². The summed E-state index contributed by atoms with van der Waals surface area (Å²) in [4.78, 5) is 2.35. The molecule has 98 valence electrons. The molecule has 0 radical (unpaired) electrons. The van der Waals surface area contributed by atoms with E-state index in [2.05, 4.69) is 71.0 Å². The normalized spacial score (nSPS) is 18.2. The third-order valence-electron chi connectivity index (χ3n) is 3.35. The van der Waals surface area contributed by atoms with Crippen LogP contribution in [-0.4, -0.2) is 42.5 Å². The highest BCUT2D eigenvalue weighted by atomic mass is 31.1. The Morgan fingerprint density at radius 3 is 1.82 bits per heavy atom. The molecule has 1 nitrogen and oxygen atoms in total. The van der Waals surface area contributed by atoms with Gasteiger partial charge in [-0.3, -0.25) is 0 Å². The Kier molecular flexibility index (Phi) is 5.89. The van der Waals surface area contributed by atoms with E-state index < -0.39 is 0 Å². The van der Waals surface area contributed by atoms with Gasteiger partial charge < -0.3 is 4.90 Å². The van der Waals surface area contributed by atoms with E-state index in [1.807, 2.05) is 0 Å². The number of nitrogens with zero attached hydrogens (tertiary/aromatic N) is 1. The van der Waals surface area contributed by atoms with E-state index in [4.69, 9.17) is 0 Å². The zero-order valence-electron chi connectivity index (χ0n) is 12.2. The van der Waals surface area contributed by atoms with Crippen molar-refractivity contribution in [2.75, 3.05) is 20.6 Å². The summed E-state index contributed by atoms with van der Waals surface area (Å²) in [5, 5.41) is 0. The minimum Gasteiger partial charge on any atom is -0.309 e. The molecule has 17 heavy (non-hydrogen) atoms. The van der Waals surface area contributed by atoms with Gasteiger partial charge in [0.05, 0.1) is 0 Å². The van der Waals surface area contributed by atoms with Crippen molar-refractivity contribution in [3.8, 4) is 0 Å². The topological polar surface area (TPSA) is 3.24 Å². The fourth-order valence-electron chi connectivity index (χ4n) is 2.86. The van der Waals surface area contributed by atoms with Gasteiger partial charge in [-0.15, -0.1) is 0 Å². The minimum atomic E-state index is 0.0702. The maximum absolute atomic E-state index is 2.40. The summed E-state index contributed by atoms with van der Waals surface area (Å²) in [5.74, 6) is 0.660. The zero-order valence-corrected chi connectivity index (χ0v) is 13.1. The van der Waals surface area contributed by atoms with Gasteiger partial charge in [-0.05, 0) is 25.4 Å². The summed E-state index contributed by atoms with van der Waals surface area (Å²) >= 11 is 0. The van der Waals surface area contributed by atoms with Gasteiger partial charge in [0.15, 0.2) is 0 Å². The van der Waals surface area contributed by atoms with Crippen LogP contribution < -0.4 is 0 Å². The summed E-state index contributed by atoms with van der Waals surface area (Å²) in [5.41, 5.74) is 2.43. The van der Waals surface area contributed by atoms with Crippen LogP contribution in [0.5, 0.6) is 0 Å². The Balaban J connectivity index is 2.86. The molecule has 0 heterocycles. The standard InChI is InChI=1S/C15H28NP/c1-12(2)17(13(3)4)15(11-16(5)6)14-9-7-8-10-14/h7-10,12-15H,11H2,1-6H3. The van der Waals surface area contributed by atoms with E-state index in [9.17, 15) is 0 Å². The van der Waals surface area contributed by atoms with Crippen molar-refractivity contribution < 1.29 is 0 Å². The molecule has 0 aromatic carbocycles. The number of allylic oxidation sites excluding steroid dienone is 4. The molecule has 0 spiro atoms. The molecule has 0 amide bonds. The number of rotatable bonds is 6. The molecule has 0 aromatic rings. The summed E-state index contributed by atoms with van der Waals surface area (Å²) in [6.07, 6.45) is 9.19. The molecule has 1 unspecified atom stereocenters. The molecule has 1 aliphatic carbocycles. The van der Waals surface area contributed by atoms with Crippen LogP contribution in [0.25, 0.3) is 0 Å². The van der Waals surface area contributed by atoms with Crippen LogP contribution in [0.2, 0.25) is 0 Å². The molecule has 1 atom stereocenters. The van der Waals surface area contributed by atoms with Gasteiger partial charge in [0.1, 0.15) is 0 Å². The van der Waals surface area contributed by atoms with Gasteiger partial charge in [-0.25, -0.2) is 0 Å². The second kappa shape index (κ2) is 6.71. The highest BCUT2D eigenvalue weighted by Crippen LogP contribution is 2.53. The highest BCUT2D eigenvalue weighted by Gasteiger charge is 2.31. The van der Waals surface area contributed by atoms with Gasteiger partial charge in [-0.2, -0.15) is 0 Å². The first-order valence-electron chi connectivity index (χ1n) is 6.70. The maximum atomic E-state index is 2.40. The second-order valence-corrected chi connectivity index (χ2v) is 9.43. The molecule has 1 aliphatic rings. The van der Waals surface area contributed by atoms with Crippen molar-refractivity contribution in [1.82, 2.24) is 4.90 Å². The van der Waals surface area contributed by atoms with Crippen LogP contribution >= 0.6 is 7.92 Å². The van der Waals surface area contributed by atoms with Crippen molar-refractivity contribution >= 4 is 7.92 Å². The Morgan fingerprint density at radius 2 is 1.47 bits per heavy atom. The average Bonchev–Trinajstić information content (AvgIpc) is 2.66. The first-order chi connectivity index (χ1) is 7.93. The second-order valence-electron chi connectivity index (χ2n) is 5.81. The van der Waals surface area contributed by atoms with Crippen LogP contribution in [0.3, 0.4) is 0 Å². The van der Waals surface area contributed by atoms with E-state index in [1.165, 1.54) is 6.54 Å². The van der Waals surface area contributed by atoms with E-state index in [0.29, 0.717) is 5.92 Å². The summed E-state index contributed by atoms with van der Waals surface area (Å²) in [6, 6.07) is 0. The lowest BCUT2D eigenvalue weighted by Gasteiger charge is -2.38. The van der Waals surface area contributed by atoms with E-state index in [0.717, 1.165) is 17.0 Å². The molecule has 0 N–H and O–H groups in total. The third-order valence-corrected chi connectivity index (χ3v) is 7.01. The Hall–Kier alpha value is -0.130. The Bertz CT molecular complexity index is 259. The average molecular weight is 253 g/mol. The van der Waals surface area contributed by atoms with Gasteiger partial charge in [-0.1, -0.05) is 59.9 Å². The smallest absolute Gasteiger partial charge is 0.00519 e. The summed E-state index contributed by atoms with van der Waals surface area (Å²) in [6.45, 7) is 10.8. The molecule has 0 fully saturated rings. The molecular weight excluding hydrogens is 225 g/mol. The third kappa shape index (κ3) is 4.23. The quantitative estimate of drug-likeness (QED) is 0.648. The molecule has 1 rings (SSSR count). The highest BCUT2D eigenvalue weighted by molar-refractivity contribution is 7.59. The predicted octanol–water partition coefficient (Wildman–Crippen LogP) is 3.96. The Morgan fingerprint density at radius 1 is 1.00 bits per heavy atom. The lowest BCUT2D eigenvalue weighted by molar-refractivity contribution is 0.391. The molecule has 0 aliphatic heterocycles. The SMILES string of the molecule is CC(C)P(C(C)C)C(CN(C)C)C1C=CC=C1. The van der Waals surface area contributed by atoms with Gasteiger partial charge in [0.2, 0.25) is 0 Å². The van der Waals surface area contributed by atoms with E-state index >= 15 is 0 Å². The van der Waals surface area contributed by atoms with Crippen LogP contribution in [0.15, 0.2) is 24.3 Å². The van der Waals surface area contributed by atoms with Gasteiger partial charge in [0.25, 0.3) is 0 Å². The summed E-state index contributed by atoms with van der Waals surface area (Å²) < 4.78 is 0. The van der Waals surface area contributed by atoms with Crippen LogP contribution in [-0.2, 0) is 0 Å². The maximum Gasteiger partial charge on any atom is 0.00519 e. The van der Waals surface area contributed by atoms with Crippen molar-refractivity contribution in [1.29, 1.82) is 0 Å². The van der Waals surface area contributed by atoms with Crippen LogP contribution in [0, 0.1) is 5.92 Å². The molecule has 0 aromatic heterocycles. The molecule has 0 saturated heterocycles. The van der Waals surface area contributed by atoms with E-state index in [-0.39, 0.29) is 7.92 Å². The molecule has 0 bridgehead atoms. The number of hydrogen-bond donors (Lipinski definition) is 0. The van der Waals surface area contributed by atoms with Crippen molar-refractivity contribution in [3.05, 3.63) is 24.3 Å². The fraction of sp³-hybridized carbons (Fsp3) is 0.733. The molecular formula is C15H28NP. The minimum absolute atomic E-state index is 0.0702. The van der Waals surface area contributed by atoms with Crippen molar-refractivity contribution in [3.63, 3.8) is 0 Å². The largest absolute Gasteiger partial charge is 0.309 e. The Labute approximate surface area is 109 Å². The lowest BCUT2D eigenvalue weighted by Crippen LogP contribution is -2.33. The monoisotopic (exact) mass is 253 g/mol. The first-order valence-corrected chi connectivity index (χ1v) is 8.25. The van der Waals surface area contributed by atoms with Crippen molar-refractivity contribution in [2.24, 2.45) is 5.92 Å². The number of hydrogen-bond acceptors (Lipinski definition) is 1. The van der Waals surface area contributed by atoms with Crippen LogP contribution in [0.1, 0.15) is 27.7 Å². The van der Waals surface area contributed by atoms with Gasteiger partial charge >= 0.3 is 0 Å². The first kappa shape index (κ1) is 14.9. The predicted molar refractivity (Wildman–Crippen MR) is 81.3 cm³/mol. The zero-order chi connectivity index (χ0) is 13.0. The lowest BCUT2D eigenvalue weighted by atomic mass is 10.1. The molecule has 2 heteroatoms. The summed E-state index contributed by atoms with van der Waals surface area (Å²) in [7, 11) is 4.47.